The van der Waals surface area contributed by atoms with Crippen LogP contribution in [-0.4, -0.2) is 15.6 Å². The van der Waals surface area contributed by atoms with Crippen molar-refractivity contribution >= 4 is 11.0 Å². The van der Waals surface area contributed by atoms with Crippen LogP contribution >= 0.6 is 0 Å². The number of nitrogens with one attached hydrogen (secondary N) is 1. The van der Waals surface area contributed by atoms with Crippen molar-refractivity contribution in [1.82, 2.24) is 14.9 Å². The van der Waals surface area contributed by atoms with Gasteiger partial charge in [-0.15, -0.1) is 0 Å². The summed E-state index contributed by atoms with van der Waals surface area (Å²) in [6, 6.07) is 13.0. The molecule has 0 aliphatic heterocycles. The predicted molar refractivity (Wildman–Crippen MR) is 82.1 cm³/mol. The Morgan fingerprint density at radius 3 is 2.81 bits per heavy atom. The number of furan rings is 1. The van der Waals surface area contributed by atoms with Crippen LogP contribution in [0.25, 0.3) is 11.0 Å². The van der Waals surface area contributed by atoms with E-state index in [0.717, 1.165) is 41.3 Å². The lowest BCUT2D eigenvalue weighted by Crippen LogP contribution is -2.14. The predicted octanol–water partition coefficient (Wildman–Crippen LogP) is 3.01. The Morgan fingerprint density at radius 1 is 1.19 bits per heavy atom. The van der Waals surface area contributed by atoms with E-state index in [9.17, 15) is 0 Å². The molecule has 1 aliphatic carbocycles. The van der Waals surface area contributed by atoms with Gasteiger partial charge in [-0.25, -0.2) is 4.98 Å². The molecule has 0 atom stereocenters. The molecule has 108 valence electrons. The Hall–Kier alpha value is -2.07. The van der Waals surface area contributed by atoms with Crippen LogP contribution in [-0.2, 0) is 20.0 Å². The minimum absolute atomic E-state index is 0.707. The molecule has 4 heteroatoms. The highest BCUT2D eigenvalue weighted by Crippen LogP contribution is 2.21. The molecule has 1 fully saturated rings. The fourth-order valence-electron chi connectivity index (χ4n) is 2.65. The highest BCUT2D eigenvalue weighted by Gasteiger charge is 2.20. The van der Waals surface area contributed by atoms with Crippen LogP contribution in [0, 0.1) is 0 Å². The summed E-state index contributed by atoms with van der Waals surface area (Å²) >= 11 is 0. The molecule has 0 unspecified atom stereocenters. The smallest absolute Gasteiger partial charge is 0.117 e. The summed E-state index contributed by atoms with van der Waals surface area (Å²) in [5, 5.41) is 3.47. The van der Waals surface area contributed by atoms with Crippen LogP contribution in [0.5, 0.6) is 0 Å². The molecule has 0 spiro atoms. The average molecular weight is 281 g/mol. The van der Waals surface area contributed by atoms with Crippen molar-refractivity contribution in [3.8, 4) is 0 Å². The third-order valence-corrected chi connectivity index (χ3v) is 4.07. The molecule has 21 heavy (non-hydrogen) atoms. The van der Waals surface area contributed by atoms with Gasteiger partial charge in [-0.1, -0.05) is 12.1 Å². The summed E-state index contributed by atoms with van der Waals surface area (Å²) in [5.74, 6) is 3.02. The molecule has 0 saturated heterocycles. The van der Waals surface area contributed by atoms with Gasteiger partial charge in [0.05, 0.1) is 24.0 Å². The zero-order valence-electron chi connectivity index (χ0n) is 12.2. The second kappa shape index (κ2) is 5.04. The molecule has 0 bridgehead atoms. The van der Waals surface area contributed by atoms with Gasteiger partial charge in [-0.3, -0.25) is 0 Å². The maximum absolute atomic E-state index is 5.90. The molecule has 0 radical (unpaired) electrons. The van der Waals surface area contributed by atoms with Gasteiger partial charge >= 0.3 is 0 Å². The SMILES string of the molecule is Cn1c(Cc2ccc(CNC3CC3)o2)nc2ccccc21. The number of aromatic nitrogens is 2. The van der Waals surface area contributed by atoms with E-state index in [-0.39, 0.29) is 0 Å². The van der Waals surface area contributed by atoms with Crippen molar-refractivity contribution in [2.45, 2.75) is 31.8 Å². The first-order valence-corrected chi connectivity index (χ1v) is 7.51. The van der Waals surface area contributed by atoms with Crippen molar-refractivity contribution in [3.05, 3.63) is 53.7 Å². The first-order chi connectivity index (χ1) is 10.3. The summed E-state index contributed by atoms with van der Waals surface area (Å²) < 4.78 is 8.04. The molecule has 3 aromatic rings. The minimum atomic E-state index is 0.707. The average Bonchev–Trinajstić information content (AvgIpc) is 3.15. The quantitative estimate of drug-likeness (QED) is 0.781. The zero-order chi connectivity index (χ0) is 14.2. The van der Waals surface area contributed by atoms with Gasteiger partial charge in [0, 0.05) is 13.1 Å². The molecule has 0 amide bonds. The lowest BCUT2D eigenvalue weighted by atomic mass is 10.3. The summed E-state index contributed by atoms with van der Waals surface area (Å²) in [4.78, 5) is 4.69. The molecule has 4 rings (SSSR count). The Bertz CT molecular complexity index is 767. The third kappa shape index (κ3) is 2.59. The van der Waals surface area contributed by atoms with Gasteiger partial charge in [0.2, 0.25) is 0 Å². The number of hydrogen-bond donors (Lipinski definition) is 1. The highest BCUT2D eigenvalue weighted by molar-refractivity contribution is 5.75. The van der Waals surface area contributed by atoms with E-state index in [1.807, 2.05) is 18.2 Å². The van der Waals surface area contributed by atoms with E-state index in [2.05, 4.69) is 40.1 Å². The highest BCUT2D eigenvalue weighted by atomic mass is 16.3. The summed E-state index contributed by atoms with van der Waals surface area (Å²) in [5.41, 5.74) is 2.20. The van der Waals surface area contributed by atoms with Crippen LogP contribution in [0.3, 0.4) is 0 Å². The number of imidazole rings is 1. The largest absolute Gasteiger partial charge is 0.464 e. The van der Waals surface area contributed by atoms with Crippen molar-refractivity contribution in [2.24, 2.45) is 7.05 Å². The van der Waals surface area contributed by atoms with Gasteiger partial charge < -0.3 is 14.3 Å². The molecule has 1 aromatic carbocycles. The molecule has 4 nitrogen and oxygen atoms in total. The van der Waals surface area contributed by atoms with Crippen molar-refractivity contribution < 1.29 is 4.42 Å². The van der Waals surface area contributed by atoms with E-state index in [0.29, 0.717) is 6.04 Å². The first kappa shape index (κ1) is 12.7. The Balaban J connectivity index is 1.52. The van der Waals surface area contributed by atoms with E-state index in [1.54, 1.807) is 0 Å². The number of benzene rings is 1. The van der Waals surface area contributed by atoms with Crippen molar-refractivity contribution in [1.29, 1.82) is 0 Å². The lowest BCUT2D eigenvalue weighted by molar-refractivity contribution is 0.450. The number of hydrogen-bond acceptors (Lipinski definition) is 3. The third-order valence-electron chi connectivity index (χ3n) is 4.07. The fraction of sp³-hybridized carbons (Fsp3) is 0.353. The Kier molecular flexibility index (Phi) is 3.04. The lowest BCUT2D eigenvalue weighted by Gasteiger charge is -2.01. The molecule has 1 aliphatic rings. The molecular weight excluding hydrogens is 262 g/mol. The van der Waals surface area contributed by atoms with Crippen LogP contribution in [0.1, 0.15) is 30.2 Å². The first-order valence-electron chi connectivity index (χ1n) is 7.51. The zero-order valence-corrected chi connectivity index (χ0v) is 12.2. The minimum Gasteiger partial charge on any atom is -0.464 e. The molecule has 2 aromatic heterocycles. The fourth-order valence-corrected chi connectivity index (χ4v) is 2.65. The van der Waals surface area contributed by atoms with Crippen molar-refractivity contribution in [2.75, 3.05) is 0 Å². The van der Waals surface area contributed by atoms with Gasteiger partial charge in [0.25, 0.3) is 0 Å². The Morgan fingerprint density at radius 2 is 2.00 bits per heavy atom. The number of fused-ring (bicyclic) bond motifs is 1. The molecule has 2 heterocycles. The van der Waals surface area contributed by atoms with Crippen LogP contribution < -0.4 is 5.32 Å². The van der Waals surface area contributed by atoms with E-state index < -0.39 is 0 Å². The maximum atomic E-state index is 5.90. The molecule has 1 N–H and O–H groups in total. The summed E-state index contributed by atoms with van der Waals surface area (Å²) in [6.07, 6.45) is 3.33. The van der Waals surface area contributed by atoms with Crippen LogP contribution in [0.2, 0.25) is 0 Å². The number of nitrogens with zero attached hydrogens (tertiary/aromatic N) is 2. The van der Waals surface area contributed by atoms with Crippen LogP contribution in [0.15, 0.2) is 40.8 Å². The van der Waals surface area contributed by atoms with E-state index in [1.165, 1.54) is 12.8 Å². The number of rotatable bonds is 5. The van der Waals surface area contributed by atoms with Crippen LogP contribution in [0.4, 0.5) is 0 Å². The van der Waals surface area contributed by atoms with Crippen molar-refractivity contribution in [3.63, 3.8) is 0 Å². The monoisotopic (exact) mass is 281 g/mol. The van der Waals surface area contributed by atoms with Gasteiger partial charge in [-0.05, 0) is 37.1 Å². The summed E-state index contributed by atoms with van der Waals surface area (Å²) in [7, 11) is 2.06. The standard InChI is InChI=1S/C17H19N3O/c1-20-16-5-3-2-4-15(16)19-17(20)10-13-8-9-14(21-13)11-18-12-6-7-12/h2-5,8-9,12,18H,6-7,10-11H2,1H3. The van der Waals surface area contributed by atoms with Gasteiger partial charge in [-0.2, -0.15) is 0 Å². The van der Waals surface area contributed by atoms with Gasteiger partial charge in [0.1, 0.15) is 17.3 Å². The molecule has 1 saturated carbocycles. The topological polar surface area (TPSA) is 43.0 Å². The normalized spacial score (nSPS) is 14.9. The summed E-state index contributed by atoms with van der Waals surface area (Å²) in [6.45, 7) is 0.827. The van der Waals surface area contributed by atoms with E-state index >= 15 is 0 Å². The maximum Gasteiger partial charge on any atom is 0.117 e. The Labute approximate surface area is 123 Å². The van der Waals surface area contributed by atoms with Gasteiger partial charge in [0.15, 0.2) is 0 Å². The number of para-hydroxylation sites is 2. The number of aryl methyl sites for hydroxylation is 1. The second-order valence-corrected chi connectivity index (χ2v) is 5.78. The second-order valence-electron chi connectivity index (χ2n) is 5.78. The molecular formula is C17H19N3O. The van der Waals surface area contributed by atoms with E-state index in [4.69, 9.17) is 4.42 Å².